The summed E-state index contributed by atoms with van der Waals surface area (Å²) in [5, 5.41) is 0. The number of nitrogens with zero attached hydrogens (tertiary/aromatic N) is 1. The number of nitrogen functional groups attached to an aromatic ring is 1. The van der Waals surface area contributed by atoms with Crippen LogP contribution in [0.4, 0.5) is 5.69 Å². The summed E-state index contributed by atoms with van der Waals surface area (Å²) < 4.78 is 11.4. The van der Waals surface area contributed by atoms with Crippen LogP contribution in [0.2, 0.25) is 0 Å². The monoisotopic (exact) mass is 292 g/mol. The average molecular weight is 292 g/mol. The SMILES string of the molecule is COC1CCCC(Oc2ccc(C(=O)N(C)C)cc2N)C1. The lowest BCUT2D eigenvalue weighted by atomic mass is 9.95. The minimum Gasteiger partial charge on any atom is -0.488 e. The summed E-state index contributed by atoms with van der Waals surface area (Å²) in [5.74, 6) is 0.581. The van der Waals surface area contributed by atoms with E-state index in [-0.39, 0.29) is 18.1 Å². The number of carbonyl (C=O) groups excluding carboxylic acids is 1. The summed E-state index contributed by atoms with van der Waals surface area (Å²) in [7, 11) is 5.18. The second-order valence-corrected chi connectivity index (χ2v) is 5.72. The molecule has 0 aliphatic heterocycles. The van der Waals surface area contributed by atoms with Gasteiger partial charge in [-0.25, -0.2) is 0 Å². The Morgan fingerprint density at radius 2 is 2.00 bits per heavy atom. The van der Waals surface area contributed by atoms with Gasteiger partial charge in [-0.1, -0.05) is 0 Å². The van der Waals surface area contributed by atoms with Crippen molar-refractivity contribution in [2.24, 2.45) is 0 Å². The molecule has 5 heteroatoms. The van der Waals surface area contributed by atoms with Crippen LogP contribution in [0.1, 0.15) is 36.0 Å². The van der Waals surface area contributed by atoms with Crippen molar-refractivity contribution in [1.29, 1.82) is 0 Å². The molecule has 1 saturated carbocycles. The van der Waals surface area contributed by atoms with Gasteiger partial charge in [-0.05, 0) is 37.5 Å². The van der Waals surface area contributed by atoms with E-state index in [1.54, 1.807) is 39.4 Å². The molecule has 2 atom stereocenters. The predicted molar refractivity (Wildman–Crippen MR) is 82.6 cm³/mol. The van der Waals surface area contributed by atoms with Gasteiger partial charge in [0.15, 0.2) is 0 Å². The number of ether oxygens (including phenoxy) is 2. The predicted octanol–water partition coefficient (Wildman–Crippen LogP) is 2.31. The number of amides is 1. The van der Waals surface area contributed by atoms with E-state index in [0.717, 1.165) is 25.7 Å². The Balaban J connectivity index is 2.05. The summed E-state index contributed by atoms with van der Waals surface area (Å²) in [6.45, 7) is 0. The molecule has 1 aliphatic rings. The lowest BCUT2D eigenvalue weighted by Crippen LogP contribution is -2.29. The topological polar surface area (TPSA) is 64.8 Å². The van der Waals surface area contributed by atoms with Crippen molar-refractivity contribution >= 4 is 11.6 Å². The minimum atomic E-state index is -0.0645. The van der Waals surface area contributed by atoms with Gasteiger partial charge in [0.05, 0.1) is 11.8 Å². The molecule has 0 spiro atoms. The Kier molecular flexibility index (Phi) is 5.07. The fourth-order valence-electron chi connectivity index (χ4n) is 2.65. The molecule has 2 rings (SSSR count). The van der Waals surface area contributed by atoms with Gasteiger partial charge in [-0.3, -0.25) is 4.79 Å². The maximum atomic E-state index is 11.9. The van der Waals surface area contributed by atoms with E-state index in [2.05, 4.69) is 0 Å². The second-order valence-electron chi connectivity index (χ2n) is 5.72. The minimum absolute atomic E-state index is 0.0645. The Morgan fingerprint density at radius 1 is 1.29 bits per heavy atom. The Labute approximate surface area is 126 Å². The molecule has 21 heavy (non-hydrogen) atoms. The van der Waals surface area contributed by atoms with Crippen molar-refractivity contribution < 1.29 is 14.3 Å². The first-order valence-corrected chi connectivity index (χ1v) is 7.32. The van der Waals surface area contributed by atoms with Gasteiger partial charge in [0, 0.05) is 33.2 Å². The number of benzene rings is 1. The average Bonchev–Trinajstić information content (AvgIpc) is 2.48. The third-order valence-corrected chi connectivity index (χ3v) is 3.87. The van der Waals surface area contributed by atoms with Crippen molar-refractivity contribution in [2.75, 3.05) is 26.9 Å². The normalized spacial score (nSPS) is 21.9. The van der Waals surface area contributed by atoms with E-state index in [0.29, 0.717) is 17.0 Å². The molecule has 0 radical (unpaired) electrons. The van der Waals surface area contributed by atoms with Gasteiger partial charge >= 0.3 is 0 Å². The highest BCUT2D eigenvalue weighted by Gasteiger charge is 2.23. The number of nitrogens with two attached hydrogens (primary N) is 1. The summed E-state index contributed by atoms with van der Waals surface area (Å²) >= 11 is 0. The number of rotatable bonds is 4. The standard InChI is InChI=1S/C16H24N2O3/c1-18(2)16(19)11-7-8-15(14(17)9-11)21-13-6-4-5-12(10-13)20-3/h7-9,12-13H,4-6,10,17H2,1-3H3. The van der Waals surface area contributed by atoms with E-state index in [1.165, 1.54) is 4.90 Å². The molecule has 1 amide bonds. The Hall–Kier alpha value is -1.75. The van der Waals surface area contributed by atoms with E-state index in [4.69, 9.17) is 15.2 Å². The summed E-state index contributed by atoms with van der Waals surface area (Å²) in [4.78, 5) is 13.4. The van der Waals surface area contributed by atoms with E-state index in [9.17, 15) is 4.79 Å². The molecule has 5 nitrogen and oxygen atoms in total. The van der Waals surface area contributed by atoms with Crippen molar-refractivity contribution in [3.05, 3.63) is 23.8 Å². The van der Waals surface area contributed by atoms with Gasteiger partial charge in [0.25, 0.3) is 5.91 Å². The molecule has 2 N–H and O–H groups in total. The van der Waals surface area contributed by atoms with Crippen LogP contribution >= 0.6 is 0 Å². The van der Waals surface area contributed by atoms with Gasteiger partial charge in [0.2, 0.25) is 0 Å². The molecule has 1 aromatic rings. The van der Waals surface area contributed by atoms with E-state index in [1.807, 2.05) is 0 Å². The second kappa shape index (κ2) is 6.80. The lowest BCUT2D eigenvalue weighted by molar-refractivity contribution is 0.0212. The number of hydrogen-bond donors (Lipinski definition) is 1. The van der Waals surface area contributed by atoms with E-state index >= 15 is 0 Å². The van der Waals surface area contributed by atoms with Gasteiger partial charge in [-0.2, -0.15) is 0 Å². The number of anilines is 1. The first-order valence-electron chi connectivity index (χ1n) is 7.32. The lowest BCUT2D eigenvalue weighted by Gasteiger charge is -2.29. The van der Waals surface area contributed by atoms with E-state index < -0.39 is 0 Å². The molecule has 0 bridgehead atoms. The van der Waals surface area contributed by atoms with Crippen LogP contribution in [0.3, 0.4) is 0 Å². The summed E-state index contributed by atoms with van der Waals surface area (Å²) in [5.41, 5.74) is 7.09. The third-order valence-electron chi connectivity index (χ3n) is 3.87. The molecular formula is C16H24N2O3. The molecule has 1 aliphatic carbocycles. The third kappa shape index (κ3) is 3.88. The zero-order valence-corrected chi connectivity index (χ0v) is 13.0. The maximum Gasteiger partial charge on any atom is 0.253 e. The highest BCUT2D eigenvalue weighted by Crippen LogP contribution is 2.29. The van der Waals surface area contributed by atoms with Gasteiger partial charge < -0.3 is 20.1 Å². The fraction of sp³-hybridized carbons (Fsp3) is 0.562. The molecule has 0 heterocycles. The molecule has 0 saturated heterocycles. The van der Waals surface area contributed by atoms with Crippen molar-refractivity contribution in [2.45, 2.75) is 37.9 Å². The molecule has 1 fully saturated rings. The van der Waals surface area contributed by atoms with Gasteiger partial charge in [-0.15, -0.1) is 0 Å². The van der Waals surface area contributed by atoms with Crippen LogP contribution in [-0.4, -0.2) is 44.2 Å². The molecule has 1 aromatic carbocycles. The molecule has 116 valence electrons. The van der Waals surface area contributed by atoms with Crippen molar-refractivity contribution in [3.8, 4) is 5.75 Å². The van der Waals surface area contributed by atoms with Crippen LogP contribution in [0, 0.1) is 0 Å². The first-order chi connectivity index (χ1) is 10.0. The van der Waals surface area contributed by atoms with Crippen LogP contribution < -0.4 is 10.5 Å². The quantitative estimate of drug-likeness (QED) is 0.865. The molecule has 2 unspecified atom stereocenters. The highest BCUT2D eigenvalue weighted by atomic mass is 16.5. The number of carbonyl (C=O) groups is 1. The van der Waals surface area contributed by atoms with Crippen molar-refractivity contribution in [3.63, 3.8) is 0 Å². The fourth-order valence-corrected chi connectivity index (χ4v) is 2.65. The Morgan fingerprint density at radius 3 is 2.62 bits per heavy atom. The van der Waals surface area contributed by atoms with Crippen LogP contribution in [0.15, 0.2) is 18.2 Å². The zero-order chi connectivity index (χ0) is 15.4. The summed E-state index contributed by atoms with van der Waals surface area (Å²) in [6, 6.07) is 5.21. The maximum absolute atomic E-state index is 11.9. The molecular weight excluding hydrogens is 268 g/mol. The Bertz CT molecular complexity index is 502. The van der Waals surface area contributed by atoms with Crippen LogP contribution in [0.5, 0.6) is 5.75 Å². The summed E-state index contributed by atoms with van der Waals surface area (Å²) in [6.07, 6.45) is 4.47. The van der Waals surface area contributed by atoms with Crippen LogP contribution in [-0.2, 0) is 4.74 Å². The molecule has 0 aromatic heterocycles. The largest absolute Gasteiger partial charge is 0.488 e. The van der Waals surface area contributed by atoms with Crippen LogP contribution in [0.25, 0.3) is 0 Å². The van der Waals surface area contributed by atoms with Gasteiger partial charge in [0.1, 0.15) is 11.9 Å². The number of hydrogen-bond acceptors (Lipinski definition) is 4. The smallest absolute Gasteiger partial charge is 0.253 e. The number of methoxy groups -OCH3 is 1. The highest BCUT2D eigenvalue weighted by molar-refractivity contribution is 5.95. The van der Waals surface area contributed by atoms with Crippen molar-refractivity contribution in [1.82, 2.24) is 4.90 Å². The zero-order valence-electron chi connectivity index (χ0n) is 13.0. The first kappa shape index (κ1) is 15.6.